The number of hydrogen-bond acceptors (Lipinski definition) is 2. The molecule has 6 heteroatoms. The van der Waals surface area contributed by atoms with Crippen molar-refractivity contribution in [1.82, 2.24) is 0 Å². The van der Waals surface area contributed by atoms with Crippen LogP contribution in [0.3, 0.4) is 0 Å². The summed E-state index contributed by atoms with van der Waals surface area (Å²) < 4.78 is 48.0. The number of anilines is 2. The molecule has 0 fully saturated rings. The van der Waals surface area contributed by atoms with Gasteiger partial charge in [-0.05, 0) is 35.2 Å². The molecule has 1 heterocycles. The van der Waals surface area contributed by atoms with Gasteiger partial charge in [0.25, 0.3) is 0 Å². The Morgan fingerprint density at radius 1 is 0.793 bits per heavy atom. The summed E-state index contributed by atoms with van der Waals surface area (Å²) in [6.45, 7) is 6.45. The molecule has 0 amide bonds. The van der Waals surface area contributed by atoms with Gasteiger partial charge in [0.15, 0.2) is 5.58 Å². The summed E-state index contributed by atoms with van der Waals surface area (Å²) in [4.78, 5) is 0. The SMILES string of the molecule is CC(C)(C)c1ccc(N(I)c2cccc3c2oc2c(C(F)(F)F)cccc23)cc1. The van der Waals surface area contributed by atoms with E-state index < -0.39 is 11.7 Å². The smallest absolute Gasteiger partial charge is 0.420 e. The van der Waals surface area contributed by atoms with Gasteiger partial charge in [-0.25, -0.2) is 0 Å². The summed E-state index contributed by atoms with van der Waals surface area (Å²) in [7, 11) is 0. The predicted molar refractivity (Wildman–Crippen MR) is 120 cm³/mol. The van der Waals surface area contributed by atoms with Crippen LogP contribution in [0.5, 0.6) is 0 Å². The normalized spacial score (nSPS) is 12.7. The molecule has 0 spiro atoms. The lowest BCUT2D eigenvalue weighted by molar-refractivity contribution is -0.136. The molecule has 0 aliphatic heterocycles. The van der Waals surface area contributed by atoms with Gasteiger partial charge >= 0.3 is 6.18 Å². The molecule has 4 rings (SSSR count). The van der Waals surface area contributed by atoms with Crippen molar-refractivity contribution >= 4 is 56.2 Å². The topological polar surface area (TPSA) is 16.4 Å². The fourth-order valence-corrected chi connectivity index (χ4v) is 4.12. The van der Waals surface area contributed by atoms with Crippen molar-refractivity contribution in [2.45, 2.75) is 32.4 Å². The second-order valence-corrected chi connectivity index (χ2v) is 8.98. The predicted octanol–water partition coefficient (Wildman–Crippen LogP) is 8.39. The number of para-hydroxylation sites is 2. The lowest BCUT2D eigenvalue weighted by Gasteiger charge is -2.21. The molecule has 0 bridgehead atoms. The molecular formula is C23H19F3INO. The molecule has 1 aromatic heterocycles. The van der Waals surface area contributed by atoms with E-state index in [1.165, 1.54) is 11.6 Å². The van der Waals surface area contributed by atoms with Crippen LogP contribution in [0.15, 0.2) is 65.1 Å². The summed E-state index contributed by atoms with van der Waals surface area (Å²) in [6.07, 6.45) is -4.47. The van der Waals surface area contributed by atoms with Gasteiger partial charge in [-0.3, -0.25) is 3.11 Å². The third kappa shape index (κ3) is 3.58. The van der Waals surface area contributed by atoms with E-state index in [1.54, 1.807) is 12.1 Å². The van der Waals surface area contributed by atoms with Gasteiger partial charge < -0.3 is 4.42 Å². The molecule has 0 saturated carbocycles. The van der Waals surface area contributed by atoms with E-state index in [9.17, 15) is 13.2 Å². The first-order chi connectivity index (χ1) is 13.6. The maximum atomic E-state index is 13.4. The van der Waals surface area contributed by atoms with Crippen molar-refractivity contribution in [3.8, 4) is 0 Å². The van der Waals surface area contributed by atoms with Gasteiger partial charge in [0.2, 0.25) is 0 Å². The molecule has 0 aliphatic rings. The van der Waals surface area contributed by atoms with Crippen LogP contribution < -0.4 is 3.11 Å². The van der Waals surface area contributed by atoms with Gasteiger partial charge in [-0.15, -0.1) is 0 Å². The first kappa shape index (κ1) is 20.1. The Morgan fingerprint density at radius 2 is 1.38 bits per heavy atom. The number of benzene rings is 3. The van der Waals surface area contributed by atoms with Crippen LogP contribution in [0.2, 0.25) is 0 Å². The van der Waals surface area contributed by atoms with E-state index in [2.05, 4.69) is 55.8 Å². The average molecular weight is 509 g/mol. The maximum Gasteiger partial charge on any atom is 0.420 e. The Hall–Kier alpha value is -2.22. The zero-order chi connectivity index (χ0) is 21.0. The molecule has 0 N–H and O–H groups in total. The summed E-state index contributed by atoms with van der Waals surface area (Å²) >= 11 is 2.15. The molecule has 0 saturated heterocycles. The summed E-state index contributed by atoms with van der Waals surface area (Å²) in [5, 5.41) is 1.13. The number of halogens is 4. The lowest BCUT2D eigenvalue weighted by Crippen LogP contribution is -2.11. The molecule has 3 aromatic carbocycles. The van der Waals surface area contributed by atoms with Crippen LogP contribution in [-0.2, 0) is 11.6 Å². The van der Waals surface area contributed by atoms with Crippen LogP contribution in [0.25, 0.3) is 21.9 Å². The van der Waals surface area contributed by atoms with Crippen molar-refractivity contribution in [2.24, 2.45) is 0 Å². The fourth-order valence-electron chi connectivity index (χ4n) is 3.41. The molecule has 0 atom stereocenters. The van der Waals surface area contributed by atoms with Gasteiger partial charge in [0, 0.05) is 10.8 Å². The van der Waals surface area contributed by atoms with E-state index in [4.69, 9.17) is 4.42 Å². The average Bonchev–Trinajstić information content (AvgIpc) is 3.04. The molecule has 150 valence electrons. The minimum Gasteiger partial charge on any atom is -0.453 e. The van der Waals surface area contributed by atoms with Crippen LogP contribution >= 0.6 is 22.9 Å². The Labute approximate surface area is 180 Å². The van der Waals surface area contributed by atoms with Crippen molar-refractivity contribution < 1.29 is 17.6 Å². The van der Waals surface area contributed by atoms with Crippen LogP contribution in [0, 0.1) is 0 Å². The maximum absolute atomic E-state index is 13.4. The van der Waals surface area contributed by atoms with E-state index in [-0.39, 0.29) is 11.0 Å². The number of nitrogens with zero attached hydrogens (tertiary/aromatic N) is 1. The Morgan fingerprint density at radius 3 is 1.97 bits per heavy atom. The van der Waals surface area contributed by atoms with E-state index in [0.717, 1.165) is 11.8 Å². The van der Waals surface area contributed by atoms with Gasteiger partial charge in [-0.2, -0.15) is 13.2 Å². The first-order valence-corrected chi connectivity index (χ1v) is 10.1. The highest BCUT2D eigenvalue weighted by Crippen LogP contribution is 2.43. The number of furan rings is 1. The quantitative estimate of drug-likeness (QED) is 0.199. The number of rotatable bonds is 2. The Balaban J connectivity index is 1.86. The molecule has 4 aromatic rings. The van der Waals surface area contributed by atoms with E-state index in [0.29, 0.717) is 22.0 Å². The molecule has 0 unspecified atom stereocenters. The molecule has 0 aliphatic carbocycles. The van der Waals surface area contributed by atoms with Crippen LogP contribution in [0.4, 0.5) is 24.5 Å². The highest BCUT2D eigenvalue weighted by molar-refractivity contribution is 14.1. The summed E-state index contributed by atoms with van der Waals surface area (Å²) in [6, 6.07) is 17.8. The van der Waals surface area contributed by atoms with Gasteiger partial charge in [0.1, 0.15) is 5.58 Å². The molecule has 29 heavy (non-hydrogen) atoms. The molecular weight excluding hydrogens is 490 g/mol. The highest BCUT2D eigenvalue weighted by atomic mass is 127. The largest absolute Gasteiger partial charge is 0.453 e. The Bertz CT molecular complexity index is 1190. The fraction of sp³-hybridized carbons (Fsp3) is 0.217. The minimum atomic E-state index is -4.47. The van der Waals surface area contributed by atoms with Crippen molar-refractivity contribution in [2.75, 3.05) is 3.11 Å². The number of hydrogen-bond donors (Lipinski definition) is 0. The summed E-state index contributed by atoms with van der Waals surface area (Å²) in [5.41, 5.74) is 2.43. The van der Waals surface area contributed by atoms with Crippen molar-refractivity contribution in [1.29, 1.82) is 0 Å². The second-order valence-electron chi connectivity index (χ2n) is 8.01. The molecule has 2 nitrogen and oxygen atoms in total. The third-order valence-electron chi connectivity index (χ3n) is 4.98. The van der Waals surface area contributed by atoms with E-state index in [1.807, 2.05) is 27.4 Å². The number of fused-ring (bicyclic) bond motifs is 3. The lowest BCUT2D eigenvalue weighted by atomic mass is 9.87. The second kappa shape index (κ2) is 6.93. The van der Waals surface area contributed by atoms with Crippen LogP contribution in [-0.4, -0.2) is 0 Å². The summed E-state index contributed by atoms with van der Waals surface area (Å²) in [5.74, 6) is 0. The zero-order valence-corrected chi connectivity index (χ0v) is 18.3. The molecule has 0 radical (unpaired) electrons. The standard InChI is InChI=1S/C23H19F3INO/c1-22(2,3)14-10-12-15(13-11-14)28(27)19-9-5-7-17-16-6-4-8-18(23(24,25)26)20(16)29-21(17)19/h4-13H,1-3H3. The van der Waals surface area contributed by atoms with Gasteiger partial charge in [0.05, 0.1) is 39.8 Å². The Kier molecular flexibility index (Phi) is 4.80. The zero-order valence-electron chi connectivity index (χ0n) is 16.1. The third-order valence-corrected chi connectivity index (χ3v) is 6.06. The highest BCUT2D eigenvalue weighted by Gasteiger charge is 2.34. The van der Waals surface area contributed by atoms with Gasteiger partial charge in [-0.1, -0.05) is 57.2 Å². The minimum absolute atomic E-state index is 0.0430. The van der Waals surface area contributed by atoms with Crippen LogP contribution in [0.1, 0.15) is 31.9 Å². The van der Waals surface area contributed by atoms with Crippen molar-refractivity contribution in [3.05, 3.63) is 71.8 Å². The van der Waals surface area contributed by atoms with Crippen molar-refractivity contribution in [3.63, 3.8) is 0 Å². The number of alkyl halides is 3. The first-order valence-electron chi connectivity index (χ1n) is 9.15. The monoisotopic (exact) mass is 509 g/mol. The van der Waals surface area contributed by atoms with E-state index >= 15 is 0 Å².